The van der Waals surface area contributed by atoms with E-state index in [9.17, 15) is 9.59 Å². The first-order valence-corrected chi connectivity index (χ1v) is 12.9. The Morgan fingerprint density at radius 2 is 1.39 bits per heavy atom. The molecule has 0 fully saturated rings. The van der Waals surface area contributed by atoms with Crippen LogP contribution in [0.25, 0.3) is 0 Å². The van der Waals surface area contributed by atoms with Crippen molar-refractivity contribution in [3.8, 4) is 11.8 Å². The Balaban J connectivity index is 2.54. The zero-order valence-corrected chi connectivity index (χ0v) is 23.9. The van der Waals surface area contributed by atoms with E-state index in [1.54, 1.807) is 41.5 Å². The Kier molecular flexibility index (Phi) is 10.9. The summed E-state index contributed by atoms with van der Waals surface area (Å²) in [5.41, 5.74) is 0.574. The molecule has 0 aromatic heterocycles. The van der Waals surface area contributed by atoms with Crippen LogP contribution >= 0.6 is 0 Å². The zero-order chi connectivity index (χ0) is 28.3. The second-order valence-electron chi connectivity index (χ2n) is 11.3. The van der Waals surface area contributed by atoms with Crippen molar-refractivity contribution in [2.75, 3.05) is 0 Å². The van der Waals surface area contributed by atoms with Crippen molar-refractivity contribution in [3.05, 3.63) is 71.8 Å². The average molecular weight is 520 g/mol. The van der Waals surface area contributed by atoms with Crippen molar-refractivity contribution in [1.82, 2.24) is 10.2 Å². The van der Waals surface area contributed by atoms with Gasteiger partial charge in [-0.25, -0.2) is 9.59 Å². The van der Waals surface area contributed by atoms with Gasteiger partial charge in [-0.2, -0.15) is 0 Å². The van der Waals surface area contributed by atoms with E-state index in [0.29, 0.717) is 13.0 Å². The lowest BCUT2D eigenvalue weighted by atomic mass is 10.0. The quantitative estimate of drug-likeness (QED) is 0.274. The molecule has 1 unspecified atom stereocenters. The lowest BCUT2D eigenvalue weighted by molar-refractivity contribution is 0.0551. The second-order valence-corrected chi connectivity index (χ2v) is 11.3. The molecule has 2 aromatic rings. The maximum absolute atomic E-state index is 12.9. The third kappa shape index (κ3) is 11.5. The highest BCUT2D eigenvalue weighted by molar-refractivity contribution is 5.99. The van der Waals surface area contributed by atoms with Crippen LogP contribution in [0.5, 0.6) is 0 Å². The molecule has 7 nitrogen and oxygen atoms in total. The number of ether oxygens (including phenoxy) is 2. The van der Waals surface area contributed by atoms with Crippen molar-refractivity contribution in [3.63, 3.8) is 0 Å². The average Bonchev–Trinajstić information content (AvgIpc) is 2.79. The molecule has 0 aliphatic heterocycles. The number of aliphatic imine (C=N–C) groups is 1. The number of hydrogen-bond acceptors (Lipinski definition) is 4. The Morgan fingerprint density at radius 3 is 1.89 bits per heavy atom. The van der Waals surface area contributed by atoms with Crippen molar-refractivity contribution >= 4 is 18.1 Å². The van der Waals surface area contributed by atoms with Crippen molar-refractivity contribution in [2.24, 2.45) is 10.9 Å². The minimum atomic E-state index is -0.818. The third-order valence-electron chi connectivity index (χ3n) is 5.02. The van der Waals surface area contributed by atoms with Crippen LogP contribution in [0.4, 0.5) is 9.59 Å². The molecular formula is C31H41N3O4. The molecular weight excluding hydrogens is 478 g/mol. The van der Waals surface area contributed by atoms with E-state index in [4.69, 9.17) is 9.47 Å². The number of alkyl carbamates (subject to hydrolysis) is 1. The van der Waals surface area contributed by atoms with Crippen molar-refractivity contribution in [2.45, 2.75) is 85.6 Å². The molecule has 0 saturated heterocycles. The molecule has 0 spiro atoms. The number of benzene rings is 2. The van der Waals surface area contributed by atoms with E-state index >= 15 is 0 Å². The zero-order valence-electron chi connectivity index (χ0n) is 23.9. The Hall–Kier alpha value is -3.79. The summed E-state index contributed by atoms with van der Waals surface area (Å²) in [6.07, 6.45) is -0.972. The van der Waals surface area contributed by atoms with Gasteiger partial charge < -0.3 is 14.4 Å². The number of nitrogens with one attached hydrogen (secondary N) is 1. The predicted octanol–water partition coefficient (Wildman–Crippen LogP) is 6.58. The molecule has 1 atom stereocenters. The van der Waals surface area contributed by atoms with Gasteiger partial charge in [0.2, 0.25) is 5.96 Å². The molecule has 0 saturated carbocycles. The number of carbonyl (C=O) groups excluding carboxylic acids is 2. The molecule has 2 rings (SSSR count). The minimum absolute atomic E-state index is 0.0186. The summed E-state index contributed by atoms with van der Waals surface area (Å²) < 4.78 is 10.9. The smallest absolute Gasteiger partial charge is 0.437 e. The van der Waals surface area contributed by atoms with Gasteiger partial charge in [0, 0.05) is 13.0 Å². The van der Waals surface area contributed by atoms with Gasteiger partial charge in [0.05, 0.1) is 6.04 Å². The molecule has 0 radical (unpaired) electrons. The van der Waals surface area contributed by atoms with Gasteiger partial charge in [-0.3, -0.25) is 5.32 Å². The van der Waals surface area contributed by atoms with Gasteiger partial charge in [0.1, 0.15) is 11.2 Å². The maximum Gasteiger partial charge on any atom is 0.437 e. The van der Waals surface area contributed by atoms with Gasteiger partial charge >= 0.3 is 12.2 Å². The molecule has 0 aliphatic rings. The van der Waals surface area contributed by atoms with E-state index in [1.165, 1.54) is 0 Å². The highest BCUT2D eigenvalue weighted by Gasteiger charge is 2.29. The molecule has 2 amide bonds. The summed E-state index contributed by atoms with van der Waals surface area (Å²) in [6.45, 7) is 15.0. The highest BCUT2D eigenvalue weighted by atomic mass is 16.6. The molecule has 0 bridgehead atoms. The van der Waals surface area contributed by atoms with E-state index < -0.39 is 23.4 Å². The van der Waals surface area contributed by atoms with Gasteiger partial charge in [-0.05, 0) is 58.6 Å². The number of carbonyl (C=O) groups is 2. The number of guanidine groups is 1. The molecule has 1 N–H and O–H groups in total. The first-order chi connectivity index (χ1) is 17.7. The molecule has 204 valence electrons. The molecule has 0 heterocycles. The normalized spacial score (nSPS) is 12.7. The fourth-order valence-electron chi connectivity index (χ4n) is 3.47. The first-order valence-electron chi connectivity index (χ1n) is 12.9. The van der Waals surface area contributed by atoms with Crippen LogP contribution in [0.2, 0.25) is 0 Å². The standard InChI is InChI=1S/C31H41N3O4/c1-23(2)26(21-15-20-24-16-11-9-12-17-24)34(22-25-18-13-10-14-19-25)27(32-28(35)37-30(3,4)5)33-29(36)38-31(6,7)8/h9-14,16-19,23,26H,20,22H2,1-8H3,(H,32,33,35,36). The van der Waals surface area contributed by atoms with Gasteiger partial charge in [-0.15, -0.1) is 4.99 Å². The van der Waals surface area contributed by atoms with E-state index in [-0.39, 0.29) is 17.9 Å². The first kappa shape index (κ1) is 30.4. The topological polar surface area (TPSA) is 80.2 Å². The van der Waals surface area contributed by atoms with Crippen LogP contribution < -0.4 is 5.32 Å². The summed E-state index contributed by atoms with van der Waals surface area (Å²) >= 11 is 0. The SMILES string of the molecule is CC(C)C(C#CCc1ccccc1)N(Cc1ccccc1)/C(=N\C(=O)OC(C)(C)C)NC(=O)OC(C)(C)C. The number of rotatable bonds is 5. The fraction of sp³-hybridized carbons (Fsp3) is 0.452. The summed E-state index contributed by atoms with van der Waals surface area (Å²) in [5.74, 6) is 6.70. The summed E-state index contributed by atoms with van der Waals surface area (Å²) in [4.78, 5) is 31.7. The third-order valence-corrected chi connectivity index (χ3v) is 5.02. The van der Waals surface area contributed by atoms with Crippen molar-refractivity contribution in [1.29, 1.82) is 0 Å². The Morgan fingerprint density at radius 1 is 0.868 bits per heavy atom. The molecule has 0 aliphatic carbocycles. The van der Waals surface area contributed by atoms with E-state index in [1.807, 2.05) is 79.4 Å². The molecule has 7 heteroatoms. The van der Waals surface area contributed by atoms with Gasteiger partial charge in [0.25, 0.3) is 0 Å². The fourth-order valence-corrected chi connectivity index (χ4v) is 3.47. The number of nitrogens with zero attached hydrogens (tertiary/aromatic N) is 2. The van der Waals surface area contributed by atoms with Crippen LogP contribution in [0.3, 0.4) is 0 Å². The van der Waals surface area contributed by atoms with Gasteiger partial charge in [0.15, 0.2) is 0 Å². The summed E-state index contributed by atoms with van der Waals surface area (Å²) in [6, 6.07) is 19.4. The lowest BCUT2D eigenvalue weighted by Gasteiger charge is -2.34. The van der Waals surface area contributed by atoms with Crippen LogP contribution in [0, 0.1) is 17.8 Å². The summed E-state index contributed by atoms with van der Waals surface area (Å²) in [5, 5.41) is 2.70. The lowest BCUT2D eigenvalue weighted by Crippen LogP contribution is -2.51. The minimum Gasteiger partial charge on any atom is -0.444 e. The maximum atomic E-state index is 12.9. The number of hydrogen-bond donors (Lipinski definition) is 1. The van der Waals surface area contributed by atoms with Gasteiger partial charge in [-0.1, -0.05) is 86.4 Å². The van der Waals surface area contributed by atoms with Crippen LogP contribution in [0.15, 0.2) is 65.7 Å². The predicted molar refractivity (Wildman–Crippen MR) is 152 cm³/mol. The number of amides is 2. The van der Waals surface area contributed by atoms with E-state index in [0.717, 1.165) is 11.1 Å². The second kappa shape index (κ2) is 13.7. The summed E-state index contributed by atoms with van der Waals surface area (Å²) in [7, 11) is 0. The van der Waals surface area contributed by atoms with Crippen LogP contribution in [-0.2, 0) is 22.4 Å². The highest BCUT2D eigenvalue weighted by Crippen LogP contribution is 2.17. The molecule has 38 heavy (non-hydrogen) atoms. The van der Waals surface area contributed by atoms with Crippen LogP contribution in [-0.4, -0.2) is 40.3 Å². The monoisotopic (exact) mass is 519 g/mol. The Bertz CT molecular complexity index is 1130. The van der Waals surface area contributed by atoms with E-state index in [2.05, 4.69) is 22.2 Å². The van der Waals surface area contributed by atoms with Crippen LogP contribution in [0.1, 0.15) is 66.5 Å². The largest absolute Gasteiger partial charge is 0.444 e. The van der Waals surface area contributed by atoms with Crippen molar-refractivity contribution < 1.29 is 19.1 Å². The molecule has 2 aromatic carbocycles. The Labute approximate surface area is 227 Å².